The van der Waals surface area contributed by atoms with E-state index >= 15 is 0 Å². The number of carbonyl (C=O) groups is 1. The lowest BCUT2D eigenvalue weighted by atomic mass is 10.0. The average molecular weight is 592 g/mol. The van der Waals surface area contributed by atoms with Gasteiger partial charge in [-0.2, -0.15) is 0 Å². The Balaban J connectivity index is 1.50. The Kier molecular flexibility index (Phi) is 16.6. The molecule has 4 heteroatoms. The van der Waals surface area contributed by atoms with Crippen molar-refractivity contribution < 1.29 is 7.86 Å². The maximum Gasteiger partial charge on any atom is 0.252 e. The molecule has 0 spiro atoms. The lowest BCUT2D eigenvalue weighted by Crippen LogP contribution is -2.25. The largest absolute Gasteiger partial charge is 0.352 e. The second kappa shape index (κ2) is 19.6. The van der Waals surface area contributed by atoms with Crippen LogP contribution < -0.4 is 5.32 Å². The summed E-state index contributed by atoms with van der Waals surface area (Å²) in [5.41, 5.74) is 2.61. The zero-order valence-electron chi connectivity index (χ0n) is 21.8. The number of carbonyl (C=O) groups excluding carboxylic acids is 1. The normalized spacial score (nSPS) is 11.0. The van der Waals surface area contributed by atoms with Gasteiger partial charge in [-0.25, -0.2) is 0 Å². The summed E-state index contributed by atoms with van der Waals surface area (Å²) in [6.07, 6.45) is 21.5. The Labute approximate surface area is 224 Å². The minimum absolute atomic E-state index is 0.103. The van der Waals surface area contributed by atoms with Crippen LogP contribution in [0.1, 0.15) is 120 Å². The average Bonchev–Trinajstić information content (AvgIpc) is 2.90. The first-order valence-electron chi connectivity index (χ1n) is 14.0. The minimum Gasteiger partial charge on any atom is -0.352 e. The quantitative estimate of drug-likeness (QED) is 0.123. The molecule has 194 valence electrons. The molecule has 0 bridgehead atoms. The standard InChI is InChI=1S/C31H46INO2/c1-2-3-4-5-6-7-8-9-10-11-12-13-14-15-16-20-25-33-31(34)29-26-28(23-24-30(29)32-35)27-21-18-17-19-22-27/h17-19,21-24,26H,2-16,20,25H2,1H3,(H,33,34). The van der Waals surface area contributed by atoms with Gasteiger partial charge in [0, 0.05) is 6.54 Å². The molecule has 2 aromatic carbocycles. The number of halogens is 1. The number of benzene rings is 2. The van der Waals surface area contributed by atoms with Crippen LogP contribution in [-0.4, -0.2) is 12.5 Å². The third-order valence-electron chi connectivity index (χ3n) is 6.72. The summed E-state index contributed by atoms with van der Waals surface area (Å²) in [5, 5.41) is 3.04. The van der Waals surface area contributed by atoms with Crippen molar-refractivity contribution in [3.05, 3.63) is 57.7 Å². The van der Waals surface area contributed by atoms with E-state index in [1.54, 1.807) is 0 Å². The van der Waals surface area contributed by atoms with E-state index in [2.05, 4.69) is 12.2 Å². The molecule has 0 aromatic heterocycles. The molecule has 1 amide bonds. The van der Waals surface area contributed by atoms with E-state index in [4.69, 9.17) is 0 Å². The van der Waals surface area contributed by atoms with Crippen molar-refractivity contribution in [1.82, 2.24) is 5.32 Å². The molecule has 0 aliphatic rings. The van der Waals surface area contributed by atoms with Crippen molar-refractivity contribution >= 4 is 27.1 Å². The number of hydrogen-bond donors (Lipinski definition) is 1. The molecular weight excluding hydrogens is 545 g/mol. The van der Waals surface area contributed by atoms with Gasteiger partial charge in [0.1, 0.15) is 0 Å². The number of nitrogens with one attached hydrogen (secondary N) is 1. The monoisotopic (exact) mass is 591 g/mol. The Morgan fingerprint density at radius 3 is 1.69 bits per heavy atom. The van der Waals surface area contributed by atoms with Gasteiger partial charge in [-0.15, -0.1) is 0 Å². The van der Waals surface area contributed by atoms with Crippen LogP contribution in [0.4, 0.5) is 0 Å². The van der Waals surface area contributed by atoms with E-state index < -0.39 is 21.2 Å². The van der Waals surface area contributed by atoms with Gasteiger partial charge in [-0.05, 0) is 29.7 Å². The minimum atomic E-state index is -1.38. The van der Waals surface area contributed by atoms with Gasteiger partial charge in [0.15, 0.2) is 21.2 Å². The summed E-state index contributed by atoms with van der Waals surface area (Å²) < 4.78 is 12.3. The van der Waals surface area contributed by atoms with Crippen LogP contribution in [0.25, 0.3) is 11.1 Å². The first kappa shape index (κ1) is 29.7. The molecule has 0 saturated carbocycles. The smallest absolute Gasteiger partial charge is 0.252 e. The van der Waals surface area contributed by atoms with E-state index in [-0.39, 0.29) is 5.91 Å². The number of unbranched alkanes of at least 4 members (excludes halogenated alkanes) is 15. The number of amides is 1. The Morgan fingerprint density at radius 1 is 0.657 bits per heavy atom. The zero-order chi connectivity index (χ0) is 25.0. The predicted octanol–water partition coefficient (Wildman–Crippen LogP) is 9.83. The summed E-state index contributed by atoms with van der Waals surface area (Å²) in [7, 11) is 0. The van der Waals surface area contributed by atoms with Crippen molar-refractivity contribution in [1.29, 1.82) is 0 Å². The van der Waals surface area contributed by atoms with Crippen LogP contribution in [0.2, 0.25) is 0 Å². The summed E-state index contributed by atoms with van der Waals surface area (Å²) in [5.74, 6) is -0.103. The van der Waals surface area contributed by atoms with E-state index in [1.165, 1.54) is 89.9 Å². The van der Waals surface area contributed by atoms with E-state index in [0.717, 1.165) is 24.0 Å². The molecule has 2 aromatic rings. The highest BCUT2D eigenvalue weighted by molar-refractivity contribution is 14.1. The highest BCUT2D eigenvalue weighted by Gasteiger charge is 2.13. The van der Waals surface area contributed by atoms with E-state index in [1.807, 2.05) is 48.5 Å². The molecule has 0 unspecified atom stereocenters. The highest BCUT2D eigenvalue weighted by Crippen LogP contribution is 2.25. The first-order chi connectivity index (χ1) is 17.3. The predicted molar refractivity (Wildman–Crippen MR) is 157 cm³/mol. The second-order valence-electron chi connectivity index (χ2n) is 9.70. The summed E-state index contributed by atoms with van der Waals surface area (Å²) >= 11 is -1.38. The molecule has 35 heavy (non-hydrogen) atoms. The van der Waals surface area contributed by atoms with Crippen molar-refractivity contribution in [2.45, 2.75) is 110 Å². The fourth-order valence-corrected chi connectivity index (χ4v) is 5.51. The summed E-state index contributed by atoms with van der Waals surface area (Å²) in [6.45, 7) is 2.96. The fraction of sp³-hybridized carbons (Fsp3) is 0.581. The molecule has 0 atom stereocenters. The lowest BCUT2D eigenvalue weighted by molar-refractivity contribution is 0.0952. The molecule has 0 heterocycles. The van der Waals surface area contributed by atoms with Gasteiger partial charge in [-0.1, -0.05) is 140 Å². The Hall–Kier alpha value is -1.56. The molecule has 2 rings (SSSR count). The second-order valence-corrected chi connectivity index (χ2v) is 11.3. The molecular formula is C31H46INO2. The topological polar surface area (TPSA) is 46.2 Å². The van der Waals surface area contributed by atoms with Crippen LogP contribution in [0, 0.1) is 3.57 Å². The van der Waals surface area contributed by atoms with Crippen molar-refractivity contribution in [3.8, 4) is 11.1 Å². The van der Waals surface area contributed by atoms with Gasteiger partial charge >= 0.3 is 0 Å². The number of rotatable bonds is 20. The van der Waals surface area contributed by atoms with Crippen molar-refractivity contribution in [2.75, 3.05) is 6.54 Å². The number of hydrogen-bond acceptors (Lipinski definition) is 2. The van der Waals surface area contributed by atoms with Gasteiger partial charge in [0.25, 0.3) is 5.91 Å². The molecule has 0 fully saturated rings. The Bertz CT molecular complexity index is 837. The SMILES string of the molecule is CCCCCCCCCCCCCCCCCCNC(=O)c1cc(-c2ccccc2)ccc1I=O. The fourth-order valence-electron chi connectivity index (χ4n) is 4.55. The van der Waals surface area contributed by atoms with Crippen molar-refractivity contribution in [2.24, 2.45) is 0 Å². The van der Waals surface area contributed by atoms with Crippen LogP contribution in [0.3, 0.4) is 0 Å². The summed E-state index contributed by atoms with van der Waals surface area (Å²) in [6, 6.07) is 15.7. The van der Waals surface area contributed by atoms with E-state index in [0.29, 0.717) is 15.7 Å². The highest BCUT2D eigenvalue weighted by atomic mass is 127. The maximum absolute atomic E-state index is 12.7. The molecule has 0 aliphatic heterocycles. The molecule has 3 nitrogen and oxygen atoms in total. The van der Waals surface area contributed by atoms with Crippen LogP contribution in [0.5, 0.6) is 0 Å². The molecule has 0 radical (unpaired) electrons. The maximum atomic E-state index is 12.7. The van der Waals surface area contributed by atoms with Gasteiger partial charge in [0.05, 0.1) is 9.13 Å². The summed E-state index contributed by atoms with van der Waals surface area (Å²) in [4.78, 5) is 12.7. The molecule has 0 saturated heterocycles. The van der Waals surface area contributed by atoms with E-state index in [9.17, 15) is 7.86 Å². The molecule has 1 N–H and O–H groups in total. The lowest BCUT2D eigenvalue weighted by Gasteiger charge is -2.09. The van der Waals surface area contributed by atoms with Crippen LogP contribution >= 0.6 is 21.2 Å². The van der Waals surface area contributed by atoms with Gasteiger partial charge < -0.3 is 5.32 Å². The molecule has 0 aliphatic carbocycles. The Morgan fingerprint density at radius 2 is 1.17 bits per heavy atom. The van der Waals surface area contributed by atoms with Gasteiger partial charge in [-0.3, -0.25) is 7.86 Å². The van der Waals surface area contributed by atoms with Crippen LogP contribution in [0.15, 0.2) is 48.5 Å². The first-order valence-corrected chi connectivity index (χ1v) is 16.0. The third-order valence-corrected chi connectivity index (χ3v) is 8.13. The van der Waals surface area contributed by atoms with Gasteiger partial charge in [0.2, 0.25) is 0 Å². The zero-order valence-corrected chi connectivity index (χ0v) is 24.0. The van der Waals surface area contributed by atoms with Crippen LogP contribution in [-0.2, 0) is 3.07 Å². The van der Waals surface area contributed by atoms with Crippen molar-refractivity contribution in [3.63, 3.8) is 0 Å². The third kappa shape index (κ3) is 12.8.